The minimum atomic E-state index is -3.26. The predicted molar refractivity (Wildman–Crippen MR) is 55.0 cm³/mol. The molecule has 13 heavy (non-hydrogen) atoms. The summed E-state index contributed by atoms with van der Waals surface area (Å²) in [5.74, 6) is 0. The zero-order valence-corrected chi connectivity index (χ0v) is 9.91. The van der Waals surface area contributed by atoms with E-state index in [1.54, 1.807) is 13.8 Å². The van der Waals surface area contributed by atoms with Gasteiger partial charge in [-0.3, -0.25) is 4.57 Å². The van der Waals surface area contributed by atoms with Gasteiger partial charge in [0, 0.05) is 19.3 Å². The highest BCUT2D eigenvalue weighted by atomic mass is 35.5. The molecule has 0 aromatic carbocycles. The van der Waals surface area contributed by atoms with Crippen molar-refractivity contribution in [2.45, 2.75) is 13.8 Å². The molecule has 0 saturated heterocycles. The summed E-state index contributed by atoms with van der Waals surface area (Å²) >= 11 is 5.77. The van der Waals surface area contributed by atoms with Gasteiger partial charge in [-0.15, -0.1) is 0 Å². The van der Waals surface area contributed by atoms with Crippen LogP contribution in [0.5, 0.6) is 0 Å². The molecule has 0 fully saturated rings. The Morgan fingerprint density at radius 1 is 1.31 bits per heavy atom. The summed E-state index contributed by atoms with van der Waals surface area (Å²) in [6.45, 7) is 6.99. The molecule has 76 valence electrons. The van der Waals surface area contributed by atoms with Crippen LogP contribution in [0.25, 0.3) is 0 Å². The van der Waals surface area contributed by atoms with Crippen molar-refractivity contribution in [1.82, 2.24) is 0 Å². The molecule has 0 unspecified atom stereocenters. The van der Waals surface area contributed by atoms with Gasteiger partial charge in [-0.05, 0) is 19.4 Å². The molecule has 5 heteroatoms. The monoisotopic (exact) mass is 224 g/mol. The fraction of sp³-hybridized carbons (Fsp3) is 0.500. The fourth-order valence-corrected chi connectivity index (χ4v) is 2.80. The topological polar surface area (TPSA) is 35.5 Å². The molecule has 0 radical (unpaired) electrons. The van der Waals surface area contributed by atoms with Crippen LogP contribution in [0.2, 0.25) is 0 Å². The van der Waals surface area contributed by atoms with E-state index in [1.807, 2.05) is 0 Å². The van der Waals surface area contributed by atoms with E-state index in [0.717, 1.165) is 0 Å². The van der Waals surface area contributed by atoms with Gasteiger partial charge in [0.15, 0.2) is 0 Å². The van der Waals surface area contributed by atoms with Gasteiger partial charge in [-0.1, -0.05) is 18.2 Å². The summed E-state index contributed by atoms with van der Waals surface area (Å²) in [7, 11) is -0.630. The first-order valence-electron chi connectivity index (χ1n) is 3.63. The zero-order chi connectivity index (χ0) is 10.6. The first-order valence-corrected chi connectivity index (χ1v) is 5.55. The van der Waals surface area contributed by atoms with E-state index in [2.05, 4.69) is 6.58 Å². The maximum atomic E-state index is 11.9. The van der Waals surface area contributed by atoms with Crippen molar-refractivity contribution in [2.75, 3.05) is 14.2 Å². The van der Waals surface area contributed by atoms with Gasteiger partial charge in [0.1, 0.15) is 0 Å². The molecule has 0 atom stereocenters. The van der Waals surface area contributed by atoms with Crippen LogP contribution in [0, 0.1) is 0 Å². The second-order valence-corrected chi connectivity index (χ2v) is 5.26. The van der Waals surface area contributed by atoms with E-state index in [4.69, 9.17) is 20.6 Å². The zero-order valence-electron chi connectivity index (χ0n) is 8.26. The fourth-order valence-electron chi connectivity index (χ4n) is 0.974. The van der Waals surface area contributed by atoms with Crippen molar-refractivity contribution in [1.29, 1.82) is 0 Å². The molecule has 0 N–H and O–H groups in total. The highest BCUT2D eigenvalue weighted by Gasteiger charge is 2.29. The maximum absolute atomic E-state index is 11.9. The third-order valence-corrected chi connectivity index (χ3v) is 4.03. The van der Waals surface area contributed by atoms with Crippen molar-refractivity contribution in [3.05, 3.63) is 22.5 Å². The average molecular weight is 225 g/mol. The summed E-state index contributed by atoms with van der Waals surface area (Å²) in [5.41, 5.74) is 0.583. The van der Waals surface area contributed by atoms with E-state index < -0.39 is 7.60 Å². The first kappa shape index (κ1) is 12.9. The standard InChI is InChI=1S/C8H14ClO3P/c1-6(2)8(7(3)9)13(10,11-4)12-5/h1H2,2-5H3/b8-7+. The minimum Gasteiger partial charge on any atom is -0.309 e. The molecule has 0 aliphatic rings. The Labute approximate surface area is 83.9 Å². The summed E-state index contributed by atoms with van der Waals surface area (Å²) in [4.78, 5) is 0. The van der Waals surface area contributed by atoms with Gasteiger partial charge in [0.25, 0.3) is 0 Å². The van der Waals surface area contributed by atoms with E-state index in [0.29, 0.717) is 15.9 Å². The Balaban J connectivity index is 5.32. The third kappa shape index (κ3) is 2.96. The van der Waals surface area contributed by atoms with Gasteiger partial charge in [0.2, 0.25) is 0 Å². The van der Waals surface area contributed by atoms with Gasteiger partial charge < -0.3 is 9.05 Å². The van der Waals surface area contributed by atoms with E-state index in [9.17, 15) is 4.57 Å². The SMILES string of the molecule is C=C(C)/C(=C(/C)Cl)P(=O)(OC)OC. The molecule has 0 amide bonds. The van der Waals surface area contributed by atoms with Crippen LogP contribution < -0.4 is 0 Å². The number of hydrogen-bond acceptors (Lipinski definition) is 3. The smallest absolute Gasteiger partial charge is 0.309 e. The van der Waals surface area contributed by atoms with Crippen LogP contribution in [0.15, 0.2) is 22.5 Å². The van der Waals surface area contributed by atoms with Crippen molar-refractivity contribution in [3.8, 4) is 0 Å². The van der Waals surface area contributed by atoms with Crippen LogP contribution in [0.1, 0.15) is 13.8 Å². The largest absolute Gasteiger partial charge is 0.362 e. The van der Waals surface area contributed by atoms with E-state index >= 15 is 0 Å². The highest BCUT2D eigenvalue weighted by Crippen LogP contribution is 2.58. The van der Waals surface area contributed by atoms with Crippen LogP contribution in [-0.2, 0) is 13.6 Å². The second kappa shape index (κ2) is 4.97. The summed E-state index contributed by atoms with van der Waals surface area (Å²) in [5, 5.41) is 0.721. The lowest BCUT2D eigenvalue weighted by Gasteiger charge is -2.17. The molecule has 0 saturated carbocycles. The summed E-state index contributed by atoms with van der Waals surface area (Å²) in [6, 6.07) is 0. The third-order valence-electron chi connectivity index (χ3n) is 1.49. The van der Waals surface area contributed by atoms with E-state index in [1.165, 1.54) is 14.2 Å². The molecule has 0 aromatic rings. The molecular formula is C8H14ClO3P. The maximum Gasteiger partial charge on any atom is 0.362 e. The quantitative estimate of drug-likeness (QED) is 0.541. The lowest BCUT2D eigenvalue weighted by Crippen LogP contribution is -1.95. The summed E-state index contributed by atoms with van der Waals surface area (Å²) in [6.07, 6.45) is 0. The molecule has 3 nitrogen and oxygen atoms in total. The molecule has 0 rings (SSSR count). The predicted octanol–water partition coefficient (Wildman–Crippen LogP) is 3.52. The molecule has 0 spiro atoms. The molecule has 0 heterocycles. The normalized spacial score (nSPS) is 13.9. The number of allylic oxidation sites excluding steroid dienone is 3. The van der Waals surface area contributed by atoms with Crippen molar-refractivity contribution < 1.29 is 13.6 Å². The van der Waals surface area contributed by atoms with Gasteiger partial charge >= 0.3 is 7.60 Å². The summed E-state index contributed by atoms with van der Waals surface area (Å²) < 4.78 is 21.5. The van der Waals surface area contributed by atoms with E-state index in [-0.39, 0.29) is 0 Å². The Hall–Kier alpha value is -0.0800. The Morgan fingerprint density at radius 2 is 1.69 bits per heavy atom. The van der Waals surface area contributed by atoms with Crippen molar-refractivity contribution >= 4 is 19.2 Å². The van der Waals surface area contributed by atoms with Crippen LogP contribution >= 0.6 is 19.2 Å². The average Bonchev–Trinajstić information content (AvgIpc) is 2.02. The van der Waals surface area contributed by atoms with Gasteiger partial charge in [-0.2, -0.15) is 0 Å². The Morgan fingerprint density at radius 3 is 1.77 bits per heavy atom. The van der Waals surface area contributed by atoms with Crippen molar-refractivity contribution in [3.63, 3.8) is 0 Å². The lowest BCUT2D eigenvalue weighted by molar-refractivity contribution is 0.283. The number of halogens is 1. The van der Waals surface area contributed by atoms with Crippen LogP contribution in [-0.4, -0.2) is 14.2 Å². The molecule has 0 bridgehead atoms. The Bertz CT molecular complexity index is 271. The second-order valence-electron chi connectivity index (χ2n) is 2.53. The molecule has 0 aliphatic carbocycles. The highest BCUT2D eigenvalue weighted by molar-refractivity contribution is 7.59. The Kier molecular flexibility index (Phi) is 4.93. The molecular weight excluding hydrogens is 211 g/mol. The molecule has 0 aromatic heterocycles. The van der Waals surface area contributed by atoms with Crippen molar-refractivity contribution in [2.24, 2.45) is 0 Å². The van der Waals surface area contributed by atoms with Gasteiger partial charge in [-0.25, -0.2) is 0 Å². The minimum absolute atomic E-state index is 0.346. The molecule has 0 aliphatic heterocycles. The van der Waals surface area contributed by atoms with Crippen LogP contribution in [0.4, 0.5) is 0 Å². The number of hydrogen-bond donors (Lipinski definition) is 0. The first-order chi connectivity index (χ1) is 5.89. The van der Waals surface area contributed by atoms with Crippen LogP contribution in [0.3, 0.4) is 0 Å². The number of rotatable bonds is 4. The lowest BCUT2D eigenvalue weighted by atomic mass is 10.3. The van der Waals surface area contributed by atoms with Gasteiger partial charge in [0.05, 0.1) is 5.31 Å².